The zero-order valence-corrected chi connectivity index (χ0v) is 15.9. The summed E-state index contributed by atoms with van der Waals surface area (Å²) >= 11 is 0. The van der Waals surface area contributed by atoms with Gasteiger partial charge in [-0.3, -0.25) is 14.5 Å². The molecule has 1 saturated heterocycles. The van der Waals surface area contributed by atoms with Gasteiger partial charge in [0.05, 0.1) is 11.6 Å². The first kappa shape index (κ1) is 20.1. The lowest BCUT2D eigenvalue weighted by atomic mass is 10.1. The van der Waals surface area contributed by atoms with Crippen LogP contribution in [-0.4, -0.2) is 42.4 Å². The fourth-order valence-corrected chi connectivity index (χ4v) is 3.13. The number of likely N-dealkylation sites (tertiary alicyclic amines) is 1. The van der Waals surface area contributed by atoms with Crippen LogP contribution in [0.25, 0.3) is 0 Å². The van der Waals surface area contributed by atoms with E-state index in [0.29, 0.717) is 24.2 Å². The number of rotatable bonds is 7. The second kappa shape index (κ2) is 9.51. The van der Waals surface area contributed by atoms with Gasteiger partial charge in [-0.1, -0.05) is 30.3 Å². The molecule has 0 atom stereocenters. The van der Waals surface area contributed by atoms with Gasteiger partial charge < -0.3 is 9.64 Å². The average Bonchev–Trinajstić information content (AvgIpc) is 3.15. The van der Waals surface area contributed by atoms with E-state index in [-0.39, 0.29) is 12.5 Å². The Kier molecular flexibility index (Phi) is 6.59. The predicted octanol–water partition coefficient (Wildman–Crippen LogP) is 2.52. The van der Waals surface area contributed by atoms with Crippen molar-refractivity contribution >= 4 is 23.5 Å². The quantitative estimate of drug-likeness (QED) is 0.534. The van der Waals surface area contributed by atoms with Crippen molar-refractivity contribution in [2.75, 3.05) is 24.6 Å². The van der Waals surface area contributed by atoms with Crippen LogP contribution in [0.2, 0.25) is 0 Å². The summed E-state index contributed by atoms with van der Waals surface area (Å²) in [6, 6.07) is 17.5. The standard InChI is InChI=1S/C22H21N3O4/c23-12-14-25(19-5-2-1-3-6-19)21(27)16-29-22(28)18-10-8-17(9-11-18)15-24-13-4-7-20(24)26/h1-3,5-6,8-11H,4,7,13-16H2. The second-order valence-corrected chi connectivity index (χ2v) is 6.67. The van der Waals surface area contributed by atoms with Gasteiger partial charge in [0.25, 0.3) is 5.91 Å². The highest BCUT2D eigenvalue weighted by Crippen LogP contribution is 2.16. The third kappa shape index (κ3) is 5.20. The minimum atomic E-state index is -0.618. The van der Waals surface area contributed by atoms with E-state index >= 15 is 0 Å². The van der Waals surface area contributed by atoms with E-state index in [1.807, 2.05) is 12.1 Å². The lowest BCUT2D eigenvalue weighted by Gasteiger charge is -2.19. The Morgan fingerprint density at radius 1 is 1.10 bits per heavy atom. The number of ether oxygens (including phenoxy) is 1. The third-order valence-electron chi connectivity index (χ3n) is 4.66. The Morgan fingerprint density at radius 2 is 1.83 bits per heavy atom. The molecule has 3 rings (SSSR count). The Balaban J connectivity index is 1.56. The Labute approximate surface area is 169 Å². The first-order valence-corrected chi connectivity index (χ1v) is 9.34. The summed E-state index contributed by atoms with van der Waals surface area (Å²) in [7, 11) is 0. The molecule has 29 heavy (non-hydrogen) atoms. The molecule has 7 heteroatoms. The van der Waals surface area contributed by atoms with E-state index in [4.69, 9.17) is 10.00 Å². The summed E-state index contributed by atoms with van der Waals surface area (Å²) in [6.07, 6.45) is 1.47. The molecule has 7 nitrogen and oxygen atoms in total. The van der Waals surface area contributed by atoms with Gasteiger partial charge in [0, 0.05) is 25.2 Å². The lowest BCUT2D eigenvalue weighted by Crippen LogP contribution is -2.35. The van der Waals surface area contributed by atoms with E-state index in [1.54, 1.807) is 53.4 Å². The smallest absolute Gasteiger partial charge is 0.338 e. The summed E-state index contributed by atoms with van der Waals surface area (Å²) in [4.78, 5) is 39.4. The number of benzene rings is 2. The maximum absolute atomic E-state index is 12.4. The highest BCUT2D eigenvalue weighted by atomic mass is 16.5. The van der Waals surface area contributed by atoms with Crippen LogP contribution in [0.4, 0.5) is 5.69 Å². The molecule has 0 bridgehead atoms. The molecule has 1 aliphatic rings. The Morgan fingerprint density at radius 3 is 2.45 bits per heavy atom. The van der Waals surface area contributed by atoms with Crippen molar-refractivity contribution in [1.29, 1.82) is 5.26 Å². The van der Waals surface area contributed by atoms with Gasteiger partial charge in [0.15, 0.2) is 6.61 Å². The van der Waals surface area contributed by atoms with Gasteiger partial charge in [-0.15, -0.1) is 0 Å². The Hall–Kier alpha value is -3.66. The number of amides is 2. The van der Waals surface area contributed by atoms with Crippen LogP contribution in [0.5, 0.6) is 0 Å². The molecule has 0 N–H and O–H groups in total. The molecule has 148 valence electrons. The first-order valence-electron chi connectivity index (χ1n) is 9.34. The number of nitrogens with zero attached hydrogens (tertiary/aromatic N) is 3. The molecule has 2 aromatic carbocycles. The molecular formula is C22H21N3O4. The zero-order valence-electron chi connectivity index (χ0n) is 15.9. The summed E-state index contributed by atoms with van der Waals surface area (Å²) in [5.41, 5.74) is 1.81. The average molecular weight is 391 g/mol. The molecule has 2 amide bonds. The van der Waals surface area contributed by atoms with Crippen molar-refractivity contribution in [2.24, 2.45) is 0 Å². The van der Waals surface area contributed by atoms with Crippen molar-refractivity contribution in [3.63, 3.8) is 0 Å². The topological polar surface area (TPSA) is 90.7 Å². The molecule has 0 aliphatic carbocycles. The highest BCUT2D eigenvalue weighted by molar-refractivity contribution is 5.97. The Bertz CT molecular complexity index is 919. The number of carbonyl (C=O) groups is 3. The third-order valence-corrected chi connectivity index (χ3v) is 4.66. The number of para-hydroxylation sites is 1. The number of nitriles is 1. The summed E-state index contributed by atoms with van der Waals surface area (Å²) < 4.78 is 5.12. The normalized spacial score (nSPS) is 13.1. The summed E-state index contributed by atoms with van der Waals surface area (Å²) in [5.74, 6) is -0.949. The van der Waals surface area contributed by atoms with E-state index in [9.17, 15) is 14.4 Å². The van der Waals surface area contributed by atoms with Crippen LogP contribution in [0.15, 0.2) is 54.6 Å². The van der Waals surface area contributed by atoms with Crippen molar-refractivity contribution in [3.8, 4) is 6.07 Å². The lowest BCUT2D eigenvalue weighted by molar-refractivity contribution is -0.128. The van der Waals surface area contributed by atoms with E-state index in [0.717, 1.165) is 18.5 Å². The fraction of sp³-hybridized carbons (Fsp3) is 0.273. The monoisotopic (exact) mass is 391 g/mol. The van der Waals surface area contributed by atoms with Crippen LogP contribution >= 0.6 is 0 Å². The molecule has 0 saturated carbocycles. The highest BCUT2D eigenvalue weighted by Gasteiger charge is 2.21. The minimum Gasteiger partial charge on any atom is -0.452 e. The van der Waals surface area contributed by atoms with Gasteiger partial charge in [-0.25, -0.2) is 4.79 Å². The summed E-state index contributed by atoms with van der Waals surface area (Å²) in [6.45, 7) is 0.682. The molecule has 1 aliphatic heterocycles. The van der Waals surface area contributed by atoms with E-state index < -0.39 is 18.5 Å². The van der Waals surface area contributed by atoms with Gasteiger partial charge >= 0.3 is 5.97 Å². The van der Waals surface area contributed by atoms with Crippen LogP contribution < -0.4 is 4.90 Å². The molecule has 0 radical (unpaired) electrons. The van der Waals surface area contributed by atoms with Gasteiger partial charge in [-0.05, 0) is 36.2 Å². The van der Waals surface area contributed by atoms with Crippen molar-refractivity contribution < 1.29 is 19.1 Å². The fourth-order valence-electron chi connectivity index (χ4n) is 3.13. The summed E-state index contributed by atoms with van der Waals surface area (Å²) in [5, 5.41) is 8.97. The predicted molar refractivity (Wildman–Crippen MR) is 106 cm³/mol. The van der Waals surface area contributed by atoms with Gasteiger partial charge in [0.2, 0.25) is 5.91 Å². The number of hydrogen-bond acceptors (Lipinski definition) is 5. The number of carbonyl (C=O) groups excluding carboxylic acids is 3. The largest absolute Gasteiger partial charge is 0.452 e. The number of anilines is 1. The number of hydrogen-bond donors (Lipinski definition) is 0. The zero-order chi connectivity index (χ0) is 20.6. The molecule has 0 unspecified atom stereocenters. The van der Waals surface area contributed by atoms with Gasteiger partial charge in [0.1, 0.15) is 6.54 Å². The molecular weight excluding hydrogens is 370 g/mol. The van der Waals surface area contributed by atoms with E-state index in [2.05, 4.69) is 0 Å². The minimum absolute atomic E-state index is 0.135. The molecule has 0 aromatic heterocycles. The van der Waals surface area contributed by atoms with Crippen molar-refractivity contribution in [2.45, 2.75) is 19.4 Å². The van der Waals surface area contributed by atoms with Crippen LogP contribution in [0.1, 0.15) is 28.8 Å². The molecule has 1 fully saturated rings. The van der Waals surface area contributed by atoms with Crippen molar-refractivity contribution in [3.05, 3.63) is 65.7 Å². The molecule has 0 spiro atoms. The van der Waals surface area contributed by atoms with Gasteiger partial charge in [-0.2, -0.15) is 5.26 Å². The second-order valence-electron chi connectivity index (χ2n) is 6.67. The van der Waals surface area contributed by atoms with E-state index in [1.165, 1.54) is 4.90 Å². The maximum atomic E-state index is 12.4. The number of esters is 1. The SMILES string of the molecule is N#CCN(C(=O)COC(=O)c1ccc(CN2CCCC2=O)cc1)c1ccccc1. The van der Waals surface area contributed by atoms with Crippen LogP contribution in [0, 0.1) is 11.3 Å². The van der Waals surface area contributed by atoms with Crippen LogP contribution in [0.3, 0.4) is 0 Å². The molecule has 2 aromatic rings. The van der Waals surface area contributed by atoms with Crippen LogP contribution in [-0.2, 0) is 20.9 Å². The maximum Gasteiger partial charge on any atom is 0.338 e. The molecule has 1 heterocycles. The first-order chi connectivity index (χ1) is 14.1. The van der Waals surface area contributed by atoms with Crippen molar-refractivity contribution in [1.82, 2.24) is 4.90 Å².